The summed E-state index contributed by atoms with van der Waals surface area (Å²) in [4.78, 5) is 0. The van der Waals surface area contributed by atoms with E-state index in [1.165, 1.54) is 0 Å². The smallest absolute Gasteiger partial charge is 0.162 e. The summed E-state index contributed by atoms with van der Waals surface area (Å²) in [5.74, 6) is 0.00926. The highest BCUT2D eigenvalue weighted by Crippen LogP contribution is 2.13. The zero-order valence-electron chi connectivity index (χ0n) is 5.45. The molecule has 1 aliphatic heterocycles. The normalized spacial score (nSPS) is 26.3. The monoisotopic (exact) mass is 140 g/mol. The van der Waals surface area contributed by atoms with Crippen LogP contribution in [0.2, 0.25) is 0 Å². The summed E-state index contributed by atoms with van der Waals surface area (Å²) in [7, 11) is 0. The minimum atomic E-state index is 0.00926. The Morgan fingerprint density at radius 2 is 2.60 bits per heavy atom. The van der Waals surface area contributed by atoms with Crippen LogP contribution in [0.1, 0.15) is 6.42 Å². The van der Waals surface area contributed by atoms with Gasteiger partial charge in [-0.3, -0.25) is 0 Å². The van der Waals surface area contributed by atoms with Gasteiger partial charge in [0.15, 0.2) is 5.71 Å². The van der Waals surface area contributed by atoms with E-state index >= 15 is 0 Å². The molecule has 0 aliphatic carbocycles. The number of nitrogens with zero attached hydrogens (tertiary/aromatic N) is 2. The molecule has 10 heavy (non-hydrogen) atoms. The van der Waals surface area contributed by atoms with Crippen LogP contribution >= 0.6 is 0 Å². The van der Waals surface area contributed by atoms with E-state index in [0.717, 1.165) is 6.42 Å². The molecule has 0 radical (unpaired) electrons. The highest BCUT2D eigenvalue weighted by molar-refractivity contribution is 6.00. The molecule has 54 valence electrons. The van der Waals surface area contributed by atoms with E-state index in [1.807, 2.05) is 6.07 Å². The second-order valence-corrected chi connectivity index (χ2v) is 2.16. The van der Waals surface area contributed by atoms with Gasteiger partial charge < -0.3 is 9.94 Å². The SMILES string of the molecule is N#C/C(=N/O)C1CCOC1. The molecule has 1 N–H and O–H groups in total. The van der Waals surface area contributed by atoms with Crippen LogP contribution in [0.5, 0.6) is 0 Å². The Kier molecular flexibility index (Phi) is 2.24. The van der Waals surface area contributed by atoms with Crippen molar-refractivity contribution in [3.63, 3.8) is 0 Å². The standard InChI is InChI=1S/C6H8N2O2/c7-3-6(8-9)5-1-2-10-4-5/h5,9H,1-2,4H2/b8-6-. The molecule has 1 fully saturated rings. The first-order chi connectivity index (χ1) is 4.88. The summed E-state index contributed by atoms with van der Waals surface area (Å²) in [6, 6.07) is 1.81. The van der Waals surface area contributed by atoms with Crippen molar-refractivity contribution in [3.05, 3.63) is 0 Å². The van der Waals surface area contributed by atoms with E-state index in [9.17, 15) is 0 Å². The first kappa shape index (κ1) is 7.03. The lowest BCUT2D eigenvalue weighted by Gasteiger charge is -1.99. The first-order valence-corrected chi connectivity index (χ1v) is 3.08. The first-order valence-electron chi connectivity index (χ1n) is 3.08. The van der Waals surface area contributed by atoms with Crippen LogP contribution in [-0.4, -0.2) is 24.1 Å². The molecule has 1 aliphatic rings. The second-order valence-electron chi connectivity index (χ2n) is 2.16. The number of rotatable bonds is 1. The predicted octanol–water partition coefficient (Wildman–Crippen LogP) is 0.377. The van der Waals surface area contributed by atoms with Gasteiger partial charge in [0.05, 0.1) is 6.61 Å². The summed E-state index contributed by atoms with van der Waals surface area (Å²) < 4.78 is 5.00. The van der Waals surface area contributed by atoms with Gasteiger partial charge in [-0.15, -0.1) is 0 Å². The van der Waals surface area contributed by atoms with Crippen molar-refractivity contribution < 1.29 is 9.94 Å². The maximum absolute atomic E-state index is 8.39. The third-order valence-corrected chi connectivity index (χ3v) is 1.54. The maximum Gasteiger partial charge on any atom is 0.162 e. The lowest BCUT2D eigenvalue weighted by molar-refractivity contribution is 0.192. The largest absolute Gasteiger partial charge is 0.410 e. The van der Waals surface area contributed by atoms with Gasteiger partial charge in [-0.2, -0.15) is 5.26 Å². The second kappa shape index (κ2) is 3.18. The van der Waals surface area contributed by atoms with Gasteiger partial charge in [0.25, 0.3) is 0 Å². The van der Waals surface area contributed by atoms with Gasteiger partial charge in [0.1, 0.15) is 6.07 Å². The van der Waals surface area contributed by atoms with Crippen molar-refractivity contribution in [1.29, 1.82) is 5.26 Å². The Balaban J connectivity index is 2.55. The fourth-order valence-electron chi connectivity index (χ4n) is 0.945. The Morgan fingerprint density at radius 3 is 3.00 bits per heavy atom. The molecule has 4 nitrogen and oxygen atoms in total. The molecule has 1 atom stereocenters. The Morgan fingerprint density at radius 1 is 1.80 bits per heavy atom. The molecule has 1 unspecified atom stereocenters. The molecule has 4 heteroatoms. The molecule has 0 aromatic carbocycles. The molecule has 0 aromatic heterocycles. The van der Waals surface area contributed by atoms with Gasteiger partial charge in [-0.05, 0) is 6.42 Å². The molecule has 0 spiro atoms. The van der Waals surface area contributed by atoms with Gasteiger partial charge in [0, 0.05) is 12.5 Å². The summed E-state index contributed by atoms with van der Waals surface area (Å²) in [6.45, 7) is 1.16. The predicted molar refractivity (Wildman–Crippen MR) is 33.8 cm³/mol. The average Bonchev–Trinajstić information content (AvgIpc) is 2.43. The molecule has 0 bridgehead atoms. The molecule has 0 amide bonds. The third-order valence-electron chi connectivity index (χ3n) is 1.54. The van der Waals surface area contributed by atoms with Crippen molar-refractivity contribution in [2.24, 2.45) is 11.1 Å². The number of nitriles is 1. The van der Waals surface area contributed by atoms with E-state index in [1.54, 1.807) is 0 Å². The van der Waals surface area contributed by atoms with E-state index in [0.29, 0.717) is 13.2 Å². The highest BCUT2D eigenvalue weighted by Gasteiger charge is 2.21. The fourth-order valence-corrected chi connectivity index (χ4v) is 0.945. The topological polar surface area (TPSA) is 65.6 Å². The Labute approximate surface area is 58.7 Å². The lowest BCUT2D eigenvalue weighted by Crippen LogP contribution is -2.11. The fraction of sp³-hybridized carbons (Fsp3) is 0.667. The van der Waals surface area contributed by atoms with E-state index in [-0.39, 0.29) is 11.6 Å². The lowest BCUT2D eigenvalue weighted by atomic mass is 10.0. The summed E-state index contributed by atoms with van der Waals surface area (Å²) >= 11 is 0. The van der Waals surface area contributed by atoms with Gasteiger partial charge in [-0.1, -0.05) is 5.16 Å². The number of hydrogen-bond acceptors (Lipinski definition) is 4. The Hall–Kier alpha value is -1.08. The van der Waals surface area contributed by atoms with Crippen molar-refractivity contribution >= 4 is 5.71 Å². The quantitative estimate of drug-likeness (QED) is 0.325. The maximum atomic E-state index is 8.39. The third kappa shape index (κ3) is 1.25. The summed E-state index contributed by atoms with van der Waals surface area (Å²) in [5, 5.41) is 19.6. The minimum absolute atomic E-state index is 0.00926. The number of ether oxygens (including phenoxy) is 1. The van der Waals surface area contributed by atoms with Crippen LogP contribution in [-0.2, 0) is 4.74 Å². The molecule has 0 saturated carbocycles. The van der Waals surface area contributed by atoms with Crippen LogP contribution in [0.4, 0.5) is 0 Å². The van der Waals surface area contributed by atoms with Crippen LogP contribution < -0.4 is 0 Å². The molecule has 1 rings (SSSR count). The van der Waals surface area contributed by atoms with Gasteiger partial charge in [0.2, 0.25) is 0 Å². The molecular weight excluding hydrogens is 132 g/mol. The van der Waals surface area contributed by atoms with E-state index in [4.69, 9.17) is 15.2 Å². The van der Waals surface area contributed by atoms with Crippen molar-refractivity contribution in [2.45, 2.75) is 6.42 Å². The average molecular weight is 140 g/mol. The summed E-state index contributed by atoms with van der Waals surface area (Å²) in [5.41, 5.74) is 0.178. The van der Waals surface area contributed by atoms with E-state index in [2.05, 4.69) is 5.16 Å². The zero-order chi connectivity index (χ0) is 7.40. The van der Waals surface area contributed by atoms with Crippen LogP contribution in [0.3, 0.4) is 0 Å². The minimum Gasteiger partial charge on any atom is -0.410 e. The molecular formula is C6H8N2O2. The van der Waals surface area contributed by atoms with Gasteiger partial charge in [-0.25, -0.2) is 0 Å². The molecule has 1 heterocycles. The highest BCUT2D eigenvalue weighted by atomic mass is 16.5. The molecule has 1 saturated heterocycles. The van der Waals surface area contributed by atoms with Crippen LogP contribution in [0, 0.1) is 17.2 Å². The van der Waals surface area contributed by atoms with Crippen LogP contribution in [0.25, 0.3) is 0 Å². The Bertz CT molecular complexity index is 177. The number of oxime groups is 1. The van der Waals surface area contributed by atoms with Crippen LogP contribution in [0.15, 0.2) is 5.16 Å². The van der Waals surface area contributed by atoms with E-state index < -0.39 is 0 Å². The molecule has 0 aromatic rings. The number of hydrogen-bond donors (Lipinski definition) is 1. The van der Waals surface area contributed by atoms with Crippen molar-refractivity contribution in [1.82, 2.24) is 0 Å². The zero-order valence-corrected chi connectivity index (χ0v) is 5.45. The van der Waals surface area contributed by atoms with Crippen molar-refractivity contribution in [2.75, 3.05) is 13.2 Å². The summed E-state index contributed by atoms with van der Waals surface area (Å²) in [6.07, 6.45) is 0.785. The van der Waals surface area contributed by atoms with Gasteiger partial charge >= 0.3 is 0 Å². The van der Waals surface area contributed by atoms with Crippen molar-refractivity contribution in [3.8, 4) is 6.07 Å².